The van der Waals surface area contributed by atoms with E-state index in [9.17, 15) is 0 Å². The van der Waals surface area contributed by atoms with Gasteiger partial charge in [0.2, 0.25) is 0 Å². The van der Waals surface area contributed by atoms with Crippen molar-refractivity contribution in [2.75, 3.05) is 0 Å². The Morgan fingerprint density at radius 3 is 2.70 bits per heavy atom. The molecule has 0 heteroatoms. The average Bonchev–Trinajstić information content (AvgIpc) is 2.36. The molecule has 0 aromatic heterocycles. The van der Waals surface area contributed by atoms with Gasteiger partial charge in [-0.2, -0.15) is 0 Å². The van der Waals surface area contributed by atoms with E-state index in [0.29, 0.717) is 10.8 Å². The molecule has 0 amide bonds. The highest BCUT2D eigenvalue weighted by atomic mass is 14.6. The molecule has 0 saturated heterocycles. The molecule has 1 saturated carbocycles. The first-order chi connectivity index (χ1) is 9.31. The molecule has 0 bridgehead atoms. The highest BCUT2D eigenvalue weighted by Crippen LogP contribution is 2.60. The molecule has 3 unspecified atom stereocenters. The van der Waals surface area contributed by atoms with E-state index in [1.54, 1.807) is 5.57 Å². The highest BCUT2D eigenvalue weighted by molar-refractivity contribution is 5.21. The smallest absolute Gasteiger partial charge is 0.0114 e. The van der Waals surface area contributed by atoms with Crippen molar-refractivity contribution >= 4 is 0 Å². The predicted molar refractivity (Wildman–Crippen MR) is 89.7 cm³/mol. The second-order valence-corrected chi connectivity index (χ2v) is 8.02. The third-order valence-electron chi connectivity index (χ3n) is 6.29. The first kappa shape index (κ1) is 15.6. The van der Waals surface area contributed by atoms with Crippen LogP contribution in [0, 0.1) is 22.7 Å². The Hall–Kier alpha value is -0.780. The van der Waals surface area contributed by atoms with Gasteiger partial charge in [0.15, 0.2) is 0 Å². The summed E-state index contributed by atoms with van der Waals surface area (Å²) in [6, 6.07) is 0. The first-order valence-corrected chi connectivity index (χ1v) is 8.27. The average molecular weight is 272 g/mol. The Balaban J connectivity index is 2.32. The van der Waals surface area contributed by atoms with Crippen LogP contribution in [0.5, 0.6) is 0 Å². The summed E-state index contributed by atoms with van der Waals surface area (Å²) in [4.78, 5) is 0. The fourth-order valence-corrected chi connectivity index (χ4v) is 4.98. The molecule has 3 atom stereocenters. The molecule has 0 aromatic rings. The van der Waals surface area contributed by atoms with E-state index >= 15 is 0 Å². The molecule has 0 aliphatic heterocycles. The maximum atomic E-state index is 3.88. The Morgan fingerprint density at radius 1 is 1.35 bits per heavy atom. The lowest BCUT2D eigenvalue weighted by atomic mass is 9.48. The lowest BCUT2D eigenvalue weighted by Crippen LogP contribution is -2.48. The predicted octanol–water partition coefficient (Wildman–Crippen LogP) is 6.31. The molecule has 2 aliphatic carbocycles. The van der Waals surface area contributed by atoms with Crippen molar-refractivity contribution < 1.29 is 0 Å². The van der Waals surface area contributed by atoms with Crippen molar-refractivity contribution in [1.29, 1.82) is 0 Å². The molecule has 2 rings (SSSR count). The van der Waals surface area contributed by atoms with Crippen molar-refractivity contribution in [3.8, 4) is 0 Å². The summed E-state index contributed by atoms with van der Waals surface area (Å²) in [6.45, 7) is 15.9. The molecule has 20 heavy (non-hydrogen) atoms. The van der Waals surface area contributed by atoms with Crippen LogP contribution >= 0.6 is 0 Å². The third-order valence-corrected chi connectivity index (χ3v) is 6.29. The van der Waals surface area contributed by atoms with Crippen LogP contribution in [-0.4, -0.2) is 0 Å². The number of hydrogen-bond donors (Lipinski definition) is 0. The summed E-state index contributed by atoms with van der Waals surface area (Å²) < 4.78 is 0. The van der Waals surface area contributed by atoms with E-state index in [2.05, 4.69) is 53.3 Å². The number of fused-ring (bicyclic) bond motifs is 1. The minimum absolute atomic E-state index is 0.485. The highest BCUT2D eigenvalue weighted by Gasteiger charge is 2.51. The lowest BCUT2D eigenvalue weighted by molar-refractivity contribution is -0.0361. The van der Waals surface area contributed by atoms with Crippen molar-refractivity contribution in [3.63, 3.8) is 0 Å². The van der Waals surface area contributed by atoms with Crippen LogP contribution < -0.4 is 0 Å². The summed E-state index contributed by atoms with van der Waals surface area (Å²) >= 11 is 0. The van der Waals surface area contributed by atoms with Crippen LogP contribution in [0.3, 0.4) is 0 Å². The van der Waals surface area contributed by atoms with E-state index in [1.807, 2.05) is 6.08 Å². The van der Waals surface area contributed by atoms with E-state index in [4.69, 9.17) is 0 Å². The van der Waals surface area contributed by atoms with Gasteiger partial charge < -0.3 is 0 Å². The van der Waals surface area contributed by atoms with Gasteiger partial charge in [0.05, 0.1) is 0 Å². The van der Waals surface area contributed by atoms with Gasteiger partial charge in [0.1, 0.15) is 0 Å². The normalized spacial score (nSPS) is 37.0. The maximum absolute atomic E-state index is 3.88. The quantitative estimate of drug-likeness (QED) is 0.417. The molecule has 0 spiro atoms. The molecule has 0 radical (unpaired) electrons. The fraction of sp³-hybridized carbons (Fsp3) is 0.700. The largest absolute Gasteiger partial charge is 0.0988 e. The summed E-state index contributed by atoms with van der Waals surface area (Å²) in [7, 11) is 0. The second kappa shape index (κ2) is 5.54. The summed E-state index contributed by atoms with van der Waals surface area (Å²) in [5.74, 6) is 1.56. The van der Waals surface area contributed by atoms with Crippen LogP contribution in [0.2, 0.25) is 0 Å². The summed E-state index contributed by atoms with van der Waals surface area (Å²) in [5.41, 5.74) is 3.92. The van der Waals surface area contributed by atoms with Gasteiger partial charge in [-0.3, -0.25) is 0 Å². The first-order valence-electron chi connectivity index (χ1n) is 8.27. The van der Waals surface area contributed by atoms with Crippen LogP contribution in [0.25, 0.3) is 0 Å². The van der Waals surface area contributed by atoms with Crippen molar-refractivity contribution in [1.82, 2.24) is 0 Å². The number of hydrogen-bond acceptors (Lipinski definition) is 0. The maximum Gasteiger partial charge on any atom is -0.0114 e. The number of allylic oxidation sites excluding steroid dienone is 5. The van der Waals surface area contributed by atoms with E-state index in [-0.39, 0.29) is 0 Å². The topological polar surface area (TPSA) is 0 Å². The minimum atomic E-state index is 0.485. The molecule has 0 aromatic carbocycles. The van der Waals surface area contributed by atoms with E-state index in [1.165, 1.54) is 37.7 Å². The van der Waals surface area contributed by atoms with E-state index in [0.717, 1.165) is 11.8 Å². The molecule has 0 N–H and O–H groups in total. The minimum Gasteiger partial charge on any atom is -0.0988 e. The fourth-order valence-electron chi connectivity index (χ4n) is 4.98. The van der Waals surface area contributed by atoms with Gasteiger partial charge in [-0.15, -0.1) is 0 Å². The monoisotopic (exact) mass is 272 g/mol. The van der Waals surface area contributed by atoms with Crippen LogP contribution in [-0.2, 0) is 0 Å². The summed E-state index contributed by atoms with van der Waals surface area (Å²) in [5, 5.41) is 0. The van der Waals surface area contributed by atoms with Gasteiger partial charge in [-0.25, -0.2) is 0 Å². The standard InChI is InChI=1S/C20H32/c1-7-15(2)9-11-17-16(3)10-12-18-19(4,5)13-8-14-20(17,18)6/h7,9-10,17-18H,1,8,11-14H2,2-6H3. The van der Waals surface area contributed by atoms with E-state index < -0.39 is 0 Å². The molecular formula is C20H32. The zero-order valence-electron chi connectivity index (χ0n) is 14.1. The molecule has 2 aliphatic rings. The van der Waals surface area contributed by atoms with Gasteiger partial charge >= 0.3 is 0 Å². The molecular weight excluding hydrogens is 240 g/mol. The van der Waals surface area contributed by atoms with Crippen LogP contribution in [0.1, 0.15) is 66.7 Å². The zero-order valence-corrected chi connectivity index (χ0v) is 14.1. The van der Waals surface area contributed by atoms with Crippen LogP contribution in [0.4, 0.5) is 0 Å². The van der Waals surface area contributed by atoms with Gasteiger partial charge in [0, 0.05) is 0 Å². The number of rotatable bonds is 3. The molecule has 112 valence electrons. The molecule has 1 fully saturated rings. The Bertz CT molecular complexity index is 435. The van der Waals surface area contributed by atoms with Crippen molar-refractivity contribution in [3.05, 3.63) is 36.0 Å². The Labute approximate surface area is 126 Å². The van der Waals surface area contributed by atoms with Gasteiger partial charge in [-0.1, -0.05) is 63.1 Å². The zero-order chi connectivity index (χ0) is 15.0. The Morgan fingerprint density at radius 2 is 2.05 bits per heavy atom. The third kappa shape index (κ3) is 2.67. The van der Waals surface area contributed by atoms with Gasteiger partial charge in [-0.05, 0) is 62.2 Å². The summed E-state index contributed by atoms with van der Waals surface area (Å²) in [6.07, 6.45) is 13.6. The second-order valence-electron chi connectivity index (χ2n) is 8.02. The van der Waals surface area contributed by atoms with Crippen molar-refractivity contribution in [2.45, 2.75) is 66.7 Å². The molecule has 0 nitrogen and oxygen atoms in total. The molecule has 0 heterocycles. The lowest BCUT2D eigenvalue weighted by Gasteiger charge is -2.56. The van der Waals surface area contributed by atoms with Crippen LogP contribution in [0.15, 0.2) is 36.0 Å². The van der Waals surface area contributed by atoms with Gasteiger partial charge in [0.25, 0.3) is 0 Å². The van der Waals surface area contributed by atoms with Crippen molar-refractivity contribution in [2.24, 2.45) is 22.7 Å². The SMILES string of the molecule is C=CC(C)=CCC1C(C)=CCC2C(C)(C)CCCC12C. The Kier molecular flexibility index (Phi) is 4.33.